The average Bonchev–Trinajstić information content (AvgIpc) is 3.39. The summed E-state index contributed by atoms with van der Waals surface area (Å²) < 4.78 is 18.7. The maximum atomic E-state index is 13.4. The number of likely N-dealkylation sites (tertiary alicyclic amines) is 1. The fourth-order valence-corrected chi connectivity index (χ4v) is 3.93. The van der Waals surface area contributed by atoms with Gasteiger partial charge in [-0.1, -0.05) is 6.07 Å². The zero-order valence-electron chi connectivity index (χ0n) is 15.5. The summed E-state index contributed by atoms with van der Waals surface area (Å²) in [6.45, 7) is 1.58. The van der Waals surface area contributed by atoms with Crippen LogP contribution in [0.4, 0.5) is 0 Å². The Kier molecular flexibility index (Phi) is 4.03. The predicted molar refractivity (Wildman–Crippen MR) is 100.0 cm³/mol. The standard InChI is InChI=1S/C20H20N4O4/c1-26-15-11-13(12-16-18(15)28-10-9-27-16)20(25)23-8-4-5-14(23)19-22-21-17-6-2-3-7-24(17)19/h2-3,6-7,11-12,14H,4-5,8-10H2,1H3. The van der Waals surface area contributed by atoms with Gasteiger partial charge in [0.2, 0.25) is 5.75 Å². The molecule has 3 aromatic rings. The predicted octanol–water partition coefficient (Wildman–Crippen LogP) is 2.49. The van der Waals surface area contributed by atoms with Gasteiger partial charge >= 0.3 is 0 Å². The van der Waals surface area contributed by atoms with Crippen molar-refractivity contribution in [2.24, 2.45) is 0 Å². The molecule has 0 saturated carbocycles. The molecule has 0 aliphatic carbocycles. The van der Waals surface area contributed by atoms with Crippen molar-refractivity contribution < 1.29 is 19.0 Å². The van der Waals surface area contributed by atoms with Crippen molar-refractivity contribution in [2.45, 2.75) is 18.9 Å². The highest BCUT2D eigenvalue weighted by Crippen LogP contribution is 2.41. The van der Waals surface area contributed by atoms with Crippen molar-refractivity contribution in [3.05, 3.63) is 47.9 Å². The topological polar surface area (TPSA) is 78.2 Å². The van der Waals surface area contributed by atoms with Crippen LogP contribution in [0.15, 0.2) is 36.5 Å². The zero-order chi connectivity index (χ0) is 19.1. The molecule has 0 bridgehead atoms. The Morgan fingerprint density at radius 3 is 3.00 bits per heavy atom. The molecule has 2 aliphatic heterocycles. The van der Waals surface area contributed by atoms with Crippen molar-refractivity contribution in [3.8, 4) is 17.2 Å². The molecule has 2 aliphatic rings. The van der Waals surface area contributed by atoms with Crippen LogP contribution >= 0.6 is 0 Å². The third-order valence-electron chi connectivity index (χ3n) is 5.23. The number of aromatic nitrogens is 3. The van der Waals surface area contributed by atoms with Crippen LogP contribution in [0.2, 0.25) is 0 Å². The molecular formula is C20H20N4O4. The van der Waals surface area contributed by atoms with E-state index in [0.717, 1.165) is 24.3 Å². The second kappa shape index (κ2) is 6.70. The molecule has 8 nitrogen and oxygen atoms in total. The third kappa shape index (κ3) is 2.64. The molecule has 1 fully saturated rings. The molecule has 1 atom stereocenters. The quantitative estimate of drug-likeness (QED) is 0.695. The van der Waals surface area contributed by atoms with E-state index in [0.29, 0.717) is 42.6 Å². The van der Waals surface area contributed by atoms with Gasteiger partial charge in [0.1, 0.15) is 13.2 Å². The molecule has 0 N–H and O–H groups in total. The Bertz CT molecular complexity index is 1030. The van der Waals surface area contributed by atoms with Crippen molar-refractivity contribution in [2.75, 3.05) is 26.9 Å². The first-order valence-electron chi connectivity index (χ1n) is 9.34. The van der Waals surface area contributed by atoms with Crippen LogP contribution < -0.4 is 14.2 Å². The van der Waals surface area contributed by atoms with Gasteiger partial charge in [0.25, 0.3) is 5.91 Å². The molecule has 8 heteroatoms. The number of nitrogens with zero attached hydrogens (tertiary/aromatic N) is 4. The first kappa shape index (κ1) is 16.9. The second-order valence-corrected chi connectivity index (χ2v) is 6.85. The number of hydrogen-bond acceptors (Lipinski definition) is 6. The number of rotatable bonds is 3. The van der Waals surface area contributed by atoms with Gasteiger partial charge in [0.05, 0.1) is 13.2 Å². The average molecular weight is 380 g/mol. The van der Waals surface area contributed by atoms with E-state index in [9.17, 15) is 4.79 Å². The summed E-state index contributed by atoms with van der Waals surface area (Å²) in [5.41, 5.74) is 1.29. The lowest BCUT2D eigenvalue weighted by molar-refractivity contribution is 0.0727. The summed E-state index contributed by atoms with van der Waals surface area (Å²) in [5, 5.41) is 8.59. The molecule has 1 aromatic carbocycles. The normalized spacial score (nSPS) is 18.5. The SMILES string of the molecule is COc1cc(C(=O)N2CCCC2c2nnc3ccccn23)cc2c1OCCO2. The Morgan fingerprint density at radius 2 is 2.11 bits per heavy atom. The molecule has 0 radical (unpaired) electrons. The molecule has 1 unspecified atom stereocenters. The summed E-state index contributed by atoms with van der Waals surface area (Å²) in [6.07, 6.45) is 3.70. The van der Waals surface area contributed by atoms with Gasteiger partial charge in [-0.3, -0.25) is 9.20 Å². The molecule has 144 valence electrons. The summed E-state index contributed by atoms with van der Waals surface area (Å²) in [7, 11) is 1.56. The highest BCUT2D eigenvalue weighted by molar-refractivity contribution is 5.96. The molecule has 0 spiro atoms. The minimum atomic E-state index is -0.121. The van der Waals surface area contributed by atoms with Crippen molar-refractivity contribution in [3.63, 3.8) is 0 Å². The van der Waals surface area contributed by atoms with Crippen LogP contribution in [0.25, 0.3) is 5.65 Å². The Hall–Kier alpha value is -3.29. The smallest absolute Gasteiger partial charge is 0.254 e. The van der Waals surface area contributed by atoms with E-state index in [2.05, 4.69) is 10.2 Å². The number of carbonyl (C=O) groups excluding carboxylic acids is 1. The van der Waals surface area contributed by atoms with E-state index in [1.807, 2.05) is 33.7 Å². The summed E-state index contributed by atoms with van der Waals surface area (Å²) in [4.78, 5) is 15.2. The van der Waals surface area contributed by atoms with Crippen LogP contribution in [0, 0.1) is 0 Å². The van der Waals surface area contributed by atoms with Crippen LogP contribution in [-0.4, -0.2) is 52.3 Å². The summed E-state index contributed by atoms with van der Waals surface area (Å²) >= 11 is 0. The number of methoxy groups -OCH3 is 1. The lowest BCUT2D eigenvalue weighted by Crippen LogP contribution is -2.31. The maximum absolute atomic E-state index is 13.4. The Labute approximate surface area is 161 Å². The van der Waals surface area contributed by atoms with Crippen molar-refractivity contribution in [1.29, 1.82) is 0 Å². The largest absolute Gasteiger partial charge is 0.493 e. The van der Waals surface area contributed by atoms with Gasteiger partial charge in [0, 0.05) is 18.3 Å². The maximum Gasteiger partial charge on any atom is 0.254 e. The van der Waals surface area contributed by atoms with Gasteiger partial charge in [-0.2, -0.15) is 0 Å². The van der Waals surface area contributed by atoms with Gasteiger partial charge in [0.15, 0.2) is 23.0 Å². The Morgan fingerprint density at radius 1 is 1.21 bits per heavy atom. The third-order valence-corrected chi connectivity index (χ3v) is 5.23. The van der Waals surface area contributed by atoms with Crippen LogP contribution in [-0.2, 0) is 0 Å². The van der Waals surface area contributed by atoms with Crippen molar-refractivity contribution >= 4 is 11.6 Å². The van der Waals surface area contributed by atoms with E-state index in [1.54, 1.807) is 19.2 Å². The highest BCUT2D eigenvalue weighted by atomic mass is 16.6. The fraction of sp³-hybridized carbons (Fsp3) is 0.350. The fourth-order valence-electron chi connectivity index (χ4n) is 3.93. The van der Waals surface area contributed by atoms with Crippen LogP contribution in [0.1, 0.15) is 35.1 Å². The monoisotopic (exact) mass is 380 g/mol. The lowest BCUT2D eigenvalue weighted by Gasteiger charge is -2.25. The number of fused-ring (bicyclic) bond motifs is 2. The van der Waals surface area contributed by atoms with Crippen molar-refractivity contribution in [1.82, 2.24) is 19.5 Å². The minimum absolute atomic E-state index is 0.0783. The first-order chi connectivity index (χ1) is 13.8. The molecule has 28 heavy (non-hydrogen) atoms. The van der Waals surface area contributed by atoms with Crippen LogP contribution in [0.5, 0.6) is 17.2 Å². The number of pyridine rings is 1. The Balaban J connectivity index is 1.51. The number of carbonyl (C=O) groups is 1. The van der Waals surface area contributed by atoms with E-state index in [4.69, 9.17) is 14.2 Å². The molecule has 2 aromatic heterocycles. The van der Waals surface area contributed by atoms with E-state index >= 15 is 0 Å². The van der Waals surface area contributed by atoms with E-state index in [1.165, 1.54) is 0 Å². The lowest BCUT2D eigenvalue weighted by atomic mass is 10.1. The molecule has 5 rings (SSSR count). The molecule has 1 saturated heterocycles. The van der Waals surface area contributed by atoms with Gasteiger partial charge < -0.3 is 19.1 Å². The number of hydrogen-bond donors (Lipinski definition) is 0. The second-order valence-electron chi connectivity index (χ2n) is 6.85. The number of amides is 1. The molecule has 1 amide bonds. The first-order valence-corrected chi connectivity index (χ1v) is 9.34. The highest BCUT2D eigenvalue weighted by Gasteiger charge is 2.34. The minimum Gasteiger partial charge on any atom is -0.493 e. The van der Waals surface area contributed by atoms with E-state index in [-0.39, 0.29) is 11.9 Å². The number of benzene rings is 1. The summed E-state index contributed by atoms with van der Waals surface area (Å²) in [6, 6.07) is 9.09. The van der Waals surface area contributed by atoms with E-state index < -0.39 is 0 Å². The van der Waals surface area contributed by atoms with Gasteiger partial charge in [-0.15, -0.1) is 10.2 Å². The van der Waals surface area contributed by atoms with Gasteiger partial charge in [-0.25, -0.2) is 0 Å². The summed E-state index contributed by atoms with van der Waals surface area (Å²) in [5.74, 6) is 2.30. The number of ether oxygens (including phenoxy) is 3. The van der Waals surface area contributed by atoms with Crippen LogP contribution in [0.3, 0.4) is 0 Å². The molecule has 4 heterocycles. The molecular weight excluding hydrogens is 360 g/mol. The van der Waals surface area contributed by atoms with Gasteiger partial charge in [-0.05, 0) is 37.1 Å². The zero-order valence-corrected chi connectivity index (χ0v) is 15.5.